The van der Waals surface area contributed by atoms with Gasteiger partial charge >= 0.3 is 0 Å². The van der Waals surface area contributed by atoms with E-state index in [1.807, 2.05) is 31.2 Å². The molecule has 0 heterocycles. The van der Waals surface area contributed by atoms with Crippen molar-refractivity contribution >= 4 is 0 Å². The van der Waals surface area contributed by atoms with Crippen molar-refractivity contribution in [1.82, 2.24) is 0 Å². The summed E-state index contributed by atoms with van der Waals surface area (Å²) in [6.07, 6.45) is 0. The van der Waals surface area contributed by atoms with E-state index in [0.717, 1.165) is 11.5 Å². The van der Waals surface area contributed by atoms with Crippen LogP contribution in [0.3, 0.4) is 0 Å². The molecule has 94 valence electrons. The summed E-state index contributed by atoms with van der Waals surface area (Å²) in [5.41, 5.74) is 2.44. The minimum Gasteiger partial charge on any atom is -0.494 e. The third kappa shape index (κ3) is 3.52. The number of aryl methyl sites for hydroxylation is 1. The fourth-order valence-electron chi connectivity index (χ4n) is 1.65. The third-order valence-electron chi connectivity index (χ3n) is 2.66. The molecule has 0 aromatic heterocycles. The Morgan fingerprint density at radius 2 is 1.33 bits per heavy atom. The molecule has 0 saturated heterocycles. The van der Waals surface area contributed by atoms with Crippen LogP contribution in [0.25, 0.3) is 0 Å². The van der Waals surface area contributed by atoms with E-state index in [0.29, 0.717) is 13.2 Å². The maximum atomic E-state index is 5.71. The predicted octanol–water partition coefficient (Wildman–Crippen LogP) is 3.97. The van der Waals surface area contributed by atoms with Gasteiger partial charge in [0.05, 0.1) is 6.61 Å². The first-order valence-electron chi connectivity index (χ1n) is 6.19. The number of hydrogen-bond acceptors (Lipinski definition) is 2. The van der Waals surface area contributed by atoms with E-state index in [9.17, 15) is 0 Å². The molecule has 0 spiro atoms. The highest BCUT2D eigenvalue weighted by Crippen LogP contribution is 2.18. The van der Waals surface area contributed by atoms with Crippen LogP contribution in [0.15, 0.2) is 48.5 Å². The highest BCUT2D eigenvalue weighted by Gasteiger charge is 1.97. The van der Waals surface area contributed by atoms with Crippen LogP contribution >= 0.6 is 0 Å². The smallest absolute Gasteiger partial charge is 0.120 e. The lowest BCUT2D eigenvalue weighted by molar-refractivity contribution is 0.304. The van der Waals surface area contributed by atoms with E-state index >= 15 is 0 Å². The molecule has 0 aliphatic rings. The fraction of sp³-hybridized carbons (Fsp3) is 0.250. The van der Waals surface area contributed by atoms with Gasteiger partial charge in [-0.15, -0.1) is 0 Å². The minimum absolute atomic E-state index is 0.592. The van der Waals surface area contributed by atoms with Gasteiger partial charge in [0.2, 0.25) is 0 Å². The van der Waals surface area contributed by atoms with Crippen molar-refractivity contribution in [2.45, 2.75) is 20.5 Å². The lowest BCUT2D eigenvalue weighted by Gasteiger charge is -2.08. The van der Waals surface area contributed by atoms with Crippen LogP contribution in [-0.2, 0) is 6.61 Å². The number of rotatable bonds is 5. The largest absolute Gasteiger partial charge is 0.494 e. The van der Waals surface area contributed by atoms with Crippen molar-refractivity contribution in [2.75, 3.05) is 6.61 Å². The van der Waals surface area contributed by atoms with Crippen molar-refractivity contribution in [3.05, 3.63) is 59.7 Å². The van der Waals surface area contributed by atoms with Crippen LogP contribution in [0.5, 0.6) is 11.5 Å². The van der Waals surface area contributed by atoms with Gasteiger partial charge in [0, 0.05) is 0 Å². The molecule has 2 aromatic rings. The predicted molar refractivity (Wildman–Crippen MR) is 73.1 cm³/mol. The first-order valence-corrected chi connectivity index (χ1v) is 6.19. The summed E-state index contributed by atoms with van der Waals surface area (Å²) in [6, 6.07) is 16.1. The Hall–Kier alpha value is -1.96. The van der Waals surface area contributed by atoms with Gasteiger partial charge in [-0.2, -0.15) is 0 Å². The van der Waals surface area contributed by atoms with Crippen LogP contribution in [0.2, 0.25) is 0 Å². The van der Waals surface area contributed by atoms with E-state index in [1.54, 1.807) is 0 Å². The van der Waals surface area contributed by atoms with E-state index in [1.165, 1.54) is 11.1 Å². The summed E-state index contributed by atoms with van der Waals surface area (Å²) >= 11 is 0. The van der Waals surface area contributed by atoms with Crippen LogP contribution in [-0.4, -0.2) is 6.61 Å². The molecule has 2 aromatic carbocycles. The van der Waals surface area contributed by atoms with Crippen LogP contribution < -0.4 is 9.47 Å². The normalized spacial score (nSPS) is 10.1. The Kier molecular flexibility index (Phi) is 4.24. The van der Waals surface area contributed by atoms with E-state index in [2.05, 4.69) is 31.2 Å². The molecular weight excluding hydrogens is 224 g/mol. The zero-order valence-corrected chi connectivity index (χ0v) is 10.8. The highest BCUT2D eigenvalue weighted by atomic mass is 16.5. The highest BCUT2D eigenvalue weighted by molar-refractivity contribution is 5.31. The molecule has 0 bridgehead atoms. The zero-order valence-electron chi connectivity index (χ0n) is 10.8. The van der Waals surface area contributed by atoms with E-state index in [-0.39, 0.29) is 0 Å². The molecule has 2 heteroatoms. The van der Waals surface area contributed by atoms with E-state index < -0.39 is 0 Å². The molecule has 18 heavy (non-hydrogen) atoms. The average molecular weight is 242 g/mol. The Morgan fingerprint density at radius 1 is 0.778 bits per heavy atom. The number of benzene rings is 2. The van der Waals surface area contributed by atoms with Gasteiger partial charge in [0.15, 0.2) is 0 Å². The first-order chi connectivity index (χ1) is 8.78. The van der Waals surface area contributed by atoms with Crippen molar-refractivity contribution in [3.8, 4) is 11.5 Å². The topological polar surface area (TPSA) is 18.5 Å². The molecule has 0 atom stereocenters. The Labute approximate surface area is 108 Å². The molecule has 0 unspecified atom stereocenters. The standard InChI is InChI=1S/C16H18O2/c1-3-17-15-8-10-16(11-9-15)18-12-14-6-4-13(2)5-7-14/h4-11H,3,12H2,1-2H3. The maximum Gasteiger partial charge on any atom is 0.120 e. The van der Waals surface area contributed by atoms with Gasteiger partial charge in [0.25, 0.3) is 0 Å². The average Bonchev–Trinajstić information content (AvgIpc) is 2.40. The maximum absolute atomic E-state index is 5.71. The third-order valence-corrected chi connectivity index (χ3v) is 2.66. The Morgan fingerprint density at radius 3 is 1.89 bits per heavy atom. The van der Waals surface area contributed by atoms with Gasteiger partial charge in [-0.3, -0.25) is 0 Å². The van der Waals surface area contributed by atoms with Gasteiger partial charge in [-0.1, -0.05) is 29.8 Å². The summed E-state index contributed by atoms with van der Waals surface area (Å²) in [5, 5.41) is 0. The second-order valence-corrected chi connectivity index (χ2v) is 4.18. The van der Waals surface area contributed by atoms with Crippen LogP contribution in [0.4, 0.5) is 0 Å². The molecule has 0 saturated carbocycles. The number of hydrogen-bond donors (Lipinski definition) is 0. The summed E-state index contributed by atoms with van der Waals surface area (Å²) < 4.78 is 11.1. The summed E-state index contributed by atoms with van der Waals surface area (Å²) in [4.78, 5) is 0. The van der Waals surface area contributed by atoms with E-state index in [4.69, 9.17) is 9.47 Å². The molecule has 2 nitrogen and oxygen atoms in total. The Bertz CT molecular complexity index is 471. The number of ether oxygens (including phenoxy) is 2. The van der Waals surface area contributed by atoms with Gasteiger partial charge in [-0.05, 0) is 43.7 Å². The lowest BCUT2D eigenvalue weighted by atomic mass is 10.2. The zero-order chi connectivity index (χ0) is 12.8. The molecule has 0 aliphatic heterocycles. The van der Waals surface area contributed by atoms with Gasteiger partial charge < -0.3 is 9.47 Å². The summed E-state index contributed by atoms with van der Waals surface area (Å²) in [5.74, 6) is 1.74. The SMILES string of the molecule is CCOc1ccc(OCc2ccc(C)cc2)cc1. The van der Waals surface area contributed by atoms with Crippen molar-refractivity contribution in [1.29, 1.82) is 0 Å². The lowest BCUT2D eigenvalue weighted by Crippen LogP contribution is -1.96. The second kappa shape index (κ2) is 6.10. The summed E-state index contributed by atoms with van der Waals surface area (Å²) in [6.45, 7) is 5.33. The monoisotopic (exact) mass is 242 g/mol. The molecular formula is C16H18O2. The minimum atomic E-state index is 0.592. The second-order valence-electron chi connectivity index (χ2n) is 4.18. The van der Waals surface area contributed by atoms with Crippen molar-refractivity contribution in [2.24, 2.45) is 0 Å². The van der Waals surface area contributed by atoms with Crippen LogP contribution in [0.1, 0.15) is 18.1 Å². The molecule has 0 amide bonds. The quantitative estimate of drug-likeness (QED) is 0.789. The van der Waals surface area contributed by atoms with Crippen molar-refractivity contribution in [3.63, 3.8) is 0 Å². The fourth-order valence-corrected chi connectivity index (χ4v) is 1.65. The van der Waals surface area contributed by atoms with Crippen molar-refractivity contribution < 1.29 is 9.47 Å². The van der Waals surface area contributed by atoms with Crippen LogP contribution in [0, 0.1) is 6.92 Å². The molecule has 0 N–H and O–H groups in total. The molecule has 2 rings (SSSR count). The molecule has 0 fully saturated rings. The molecule has 0 aliphatic carbocycles. The van der Waals surface area contributed by atoms with Gasteiger partial charge in [-0.25, -0.2) is 0 Å². The Balaban J connectivity index is 1.91. The van der Waals surface area contributed by atoms with Gasteiger partial charge in [0.1, 0.15) is 18.1 Å². The molecule has 0 radical (unpaired) electrons. The summed E-state index contributed by atoms with van der Waals surface area (Å²) in [7, 11) is 0. The first kappa shape index (κ1) is 12.5.